The molecule has 1 fully saturated rings. The summed E-state index contributed by atoms with van der Waals surface area (Å²) >= 11 is 0. The number of hydrogen-bond acceptors (Lipinski definition) is 3. The first kappa shape index (κ1) is 16.3. The lowest BCUT2D eigenvalue weighted by molar-refractivity contribution is -0.123. The topological polar surface area (TPSA) is 71.6 Å². The second kappa shape index (κ2) is 6.88. The number of carbonyl (C=O) groups excluding carboxylic acids is 2. The fourth-order valence-electron chi connectivity index (χ4n) is 2.96. The van der Waals surface area contributed by atoms with Gasteiger partial charge in [-0.05, 0) is 43.3 Å². The fraction of sp³-hybridized carbons (Fsp3) is 0.333. The summed E-state index contributed by atoms with van der Waals surface area (Å²) in [4.78, 5) is 27.7. The zero-order valence-electron chi connectivity index (χ0n) is 13.8. The maximum absolute atomic E-state index is 12.6. The number of rotatable bonds is 4. The lowest BCUT2D eigenvalue weighted by Gasteiger charge is -2.37. The third-order valence-electron chi connectivity index (χ3n) is 4.58. The lowest BCUT2D eigenvalue weighted by Crippen LogP contribution is -2.54. The maximum atomic E-state index is 12.6. The highest BCUT2D eigenvalue weighted by molar-refractivity contribution is 5.94. The largest absolute Gasteiger partial charge is 0.368 e. The molecule has 0 aliphatic carbocycles. The molecule has 0 spiro atoms. The summed E-state index contributed by atoms with van der Waals surface area (Å²) in [6.45, 7) is 4.35. The first-order valence-electron chi connectivity index (χ1n) is 8.12. The van der Waals surface area contributed by atoms with Gasteiger partial charge in [-0.3, -0.25) is 14.5 Å². The molecule has 1 unspecified atom stereocenters. The van der Waals surface area contributed by atoms with E-state index < -0.39 is 0 Å². The van der Waals surface area contributed by atoms with Gasteiger partial charge in [-0.1, -0.05) is 0 Å². The van der Waals surface area contributed by atoms with E-state index in [0.717, 1.165) is 5.69 Å². The minimum Gasteiger partial charge on any atom is -0.368 e. The Balaban J connectivity index is 1.62. The average molecular weight is 326 g/mol. The van der Waals surface area contributed by atoms with Crippen molar-refractivity contribution in [3.63, 3.8) is 0 Å². The summed E-state index contributed by atoms with van der Waals surface area (Å²) in [5.74, 6) is -0.296. The van der Waals surface area contributed by atoms with Crippen LogP contribution in [0.1, 0.15) is 17.3 Å². The Bertz CT molecular complexity index is 701. The Morgan fingerprint density at radius 2 is 1.58 bits per heavy atom. The minimum atomic E-state index is -0.324. The molecule has 1 aliphatic heterocycles. The van der Waals surface area contributed by atoms with Gasteiger partial charge in [0.25, 0.3) is 5.91 Å². The van der Waals surface area contributed by atoms with E-state index in [9.17, 15) is 9.59 Å². The van der Waals surface area contributed by atoms with Crippen LogP contribution in [-0.4, -0.2) is 58.4 Å². The van der Waals surface area contributed by atoms with Crippen molar-refractivity contribution in [2.24, 2.45) is 5.73 Å². The molecular formula is C18H22N4O2. The Labute approximate surface area is 141 Å². The number of carbonyl (C=O) groups is 2. The smallest absolute Gasteiger partial charge is 0.253 e. The number of primary amides is 1. The third kappa shape index (κ3) is 3.33. The monoisotopic (exact) mass is 326 g/mol. The van der Waals surface area contributed by atoms with E-state index in [0.29, 0.717) is 31.7 Å². The zero-order valence-corrected chi connectivity index (χ0v) is 13.8. The molecular weight excluding hydrogens is 304 g/mol. The Morgan fingerprint density at radius 1 is 1.00 bits per heavy atom. The van der Waals surface area contributed by atoms with Crippen molar-refractivity contribution in [1.82, 2.24) is 14.4 Å². The Morgan fingerprint density at radius 3 is 2.12 bits per heavy atom. The number of benzene rings is 1. The molecule has 6 heteroatoms. The molecule has 6 nitrogen and oxygen atoms in total. The summed E-state index contributed by atoms with van der Waals surface area (Å²) in [5.41, 5.74) is 7.05. The second-order valence-electron chi connectivity index (χ2n) is 6.04. The molecule has 1 saturated heterocycles. The third-order valence-corrected chi connectivity index (χ3v) is 4.58. The number of hydrogen-bond donors (Lipinski definition) is 1. The fourth-order valence-corrected chi connectivity index (χ4v) is 2.96. The molecule has 1 atom stereocenters. The van der Waals surface area contributed by atoms with Crippen molar-refractivity contribution in [1.29, 1.82) is 0 Å². The van der Waals surface area contributed by atoms with Gasteiger partial charge in [0.05, 0.1) is 6.04 Å². The van der Waals surface area contributed by atoms with Crippen LogP contribution in [0.5, 0.6) is 0 Å². The van der Waals surface area contributed by atoms with Crippen LogP contribution in [0, 0.1) is 0 Å². The molecule has 2 heterocycles. The molecule has 1 aromatic heterocycles. The molecule has 2 aromatic rings. The summed E-state index contributed by atoms with van der Waals surface area (Å²) < 4.78 is 2.00. The summed E-state index contributed by atoms with van der Waals surface area (Å²) in [6.07, 6.45) is 3.94. The molecule has 3 rings (SSSR count). The molecule has 0 saturated carbocycles. The van der Waals surface area contributed by atoms with Gasteiger partial charge in [0.1, 0.15) is 0 Å². The lowest BCUT2D eigenvalue weighted by atomic mass is 10.1. The Kier molecular flexibility index (Phi) is 4.66. The van der Waals surface area contributed by atoms with Crippen molar-refractivity contribution in [2.75, 3.05) is 26.2 Å². The van der Waals surface area contributed by atoms with Crippen LogP contribution in [0.3, 0.4) is 0 Å². The minimum absolute atomic E-state index is 0.0282. The van der Waals surface area contributed by atoms with Crippen LogP contribution in [0.4, 0.5) is 0 Å². The van der Waals surface area contributed by atoms with Crippen molar-refractivity contribution in [2.45, 2.75) is 13.0 Å². The number of nitrogens with zero attached hydrogens (tertiary/aromatic N) is 3. The average Bonchev–Trinajstić information content (AvgIpc) is 3.15. The van der Waals surface area contributed by atoms with Gasteiger partial charge in [-0.15, -0.1) is 0 Å². The molecule has 0 radical (unpaired) electrons. The van der Waals surface area contributed by atoms with Gasteiger partial charge in [0, 0.05) is 49.8 Å². The normalized spacial score (nSPS) is 16.8. The van der Waals surface area contributed by atoms with Gasteiger partial charge in [0.2, 0.25) is 5.91 Å². The van der Waals surface area contributed by atoms with Gasteiger partial charge >= 0.3 is 0 Å². The summed E-state index contributed by atoms with van der Waals surface area (Å²) in [7, 11) is 0. The maximum Gasteiger partial charge on any atom is 0.253 e. The zero-order chi connectivity index (χ0) is 17.1. The van der Waals surface area contributed by atoms with Crippen LogP contribution >= 0.6 is 0 Å². The molecule has 1 aliphatic rings. The van der Waals surface area contributed by atoms with Crippen LogP contribution < -0.4 is 5.73 Å². The highest BCUT2D eigenvalue weighted by Gasteiger charge is 2.26. The molecule has 126 valence electrons. The number of piperazine rings is 1. The number of nitrogens with two attached hydrogens (primary N) is 1. The quantitative estimate of drug-likeness (QED) is 0.915. The SMILES string of the molecule is CC(C(N)=O)N1CCN(C(=O)c2ccc(-n3cccc3)cc2)CC1. The molecule has 2 amide bonds. The van der Waals surface area contributed by atoms with Crippen molar-refractivity contribution in [3.05, 3.63) is 54.4 Å². The predicted molar refractivity (Wildman–Crippen MR) is 91.9 cm³/mol. The molecule has 1 aromatic carbocycles. The van der Waals surface area contributed by atoms with E-state index in [1.165, 1.54) is 0 Å². The highest BCUT2D eigenvalue weighted by atomic mass is 16.2. The summed E-state index contributed by atoms with van der Waals surface area (Å²) in [5, 5.41) is 0. The van der Waals surface area contributed by atoms with Crippen LogP contribution in [0.2, 0.25) is 0 Å². The molecule has 0 bridgehead atoms. The second-order valence-corrected chi connectivity index (χ2v) is 6.04. The van der Waals surface area contributed by atoms with Gasteiger partial charge in [0.15, 0.2) is 0 Å². The highest BCUT2D eigenvalue weighted by Crippen LogP contribution is 2.14. The first-order valence-corrected chi connectivity index (χ1v) is 8.12. The van der Waals surface area contributed by atoms with E-state index >= 15 is 0 Å². The van der Waals surface area contributed by atoms with Crippen molar-refractivity contribution < 1.29 is 9.59 Å². The van der Waals surface area contributed by atoms with Crippen LogP contribution in [0.15, 0.2) is 48.8 Å². The van der Waals surface area contributed by atoms with Crippen LogP contribution in [0.25, 0.3) is 5.69 Å². The molecule has 2 N–H and O–H groups in total. The standard InChI is InChI=1S/C18H22N4O2/c1-14(17(19)23)20-10-12-22(13-11-20)18(24)15-4-6-16(7-5-15)21-8-2-3-9-21/h2-9,14H,10-13H2,1H3,(H2,19,23). The van der Waals surface area contributed by atoms with E-state index in [4.69, 9.17) is 5.73 Å². The van der Waals surface area contributed by atoms with Crippen molar-refractivity contribution >= 4 is 11.8 Å². The predicted octanol–water partition coefficient (Wildman–Crippen LogP) is 1.11. The van der Waals surface area contributed by atoms with Gasteiger partial charge in [-0.25, -0.2) is 0 Å². The van der Waals surface area contributed by atoms with Gasteiger partial charge in [-0.2, -0.15) is 0 Å². The summed E-state index contributed by atoms with van der Waals surface area (Å²) in [6, 6.07) is 11.2. The van der Waals surface area contributed by atoms with E-state index in [1.807, 2.05) is 63.2 Å². The van der Waals surface area contributed by atoms with E-state index in [2.05, 4.69) is 0 Å². The molecule has 24 heavy (non-hydrogen) atoms. The first-order chi connectivity index (χ1) is 11.6. The van der Waals surface area contributed by atoms with Crippen LogP contribution in [-0.2, 0) is 4.79 Å². The number of aromatic nitrogens is 1. The van der Waals surface area contributed by atoms with E-state index in [1.54, 1.807) is 6.92 Å². The number of amides is 2. The Hall–Kier alpha value is -2.60. The van der Waals surface area contributed by atoms with Crippen molar-refractivity contribution in [3.8, 4) is 5.69 Å². The van der Waals surface area contributed by atoms with Gasteiger partial charge < -0.3 is 15.2 Å². The van der Waals surface area contributed by atoms with E-state index in [-0.39, 0.29) is 17.9 Å².